The lowest BCUT2D eigenvalue weighted by Crippen LogP contribution is -2.21. The largest absolute Gasteiger partial charge is 0.462 e. The number of fused-ring (bicyclic) bond motifs is 1. The SMILES string of the molecule is CCOC(=O)c1ccccc1NC(=O)[C@H]1CCn2c(C(=O)c3ccccc3)ccc21. The molecule has 6 heteroatoms. The summed E-state index contributed by atoms with van der Waals surface area (Å²) in [5.74, 6) is -1.13. The summed E-state index contributed by atoms with van der Waals surface area (Å²) in [5, 5.41) is 2.86. The van der Waals surface area contributed by atoms with E-state index in [0.717, 1.165) is 5.69 Å². The lowest BCUT2D eigenvalue weighted by molar-refractivity contribution is -0.117. The number of hydrogen-bond acceptors (Lipinski definition) is 4. The van der Waals surface area contributed by atoms with Crippen molar-refractivity contribution in [1.29, 1.82) is 0 Å². The molecule has 1 N–H and O–H groups in total. The van der Waals surface area contributed by atoms with Gasteiger partial charge in [0.25, 0.3) is 0 Å². The molecule has 152 valence electrons. The van der Waals surface area contributed by atoms with Gasteiger partial charge in [0.05, 0.1) is 29.5 Å². The van der Waals surface area contributed by atoms with E-state index in [9.17, 15) is 14.4 Å². The number of aromatic nitrogens is 1. The summed E-state index contributed by atoms with van der Waals surface area (Å²) >= 11 is 0. The van der Waals surface area contributed by atoms with Crippen molar-refractivity contribution in [3.63, 3.8) is 0 Å². The highest BCUT2D eigenvalue weighted by Crippen LogP contribution is 2.32. The Morgan fingerprint density at radius 2 is 1.73 bits per heavy atom. The average molecular weight is 402 g/mol. The van der Waals surface area contributed by atoms with Gasteiger partial charge in [-0.25, -0.2) is 4.79 Å². The molecule has 1 aliphatic heterocycles. The molecule has 4 rings (SSSR count). The average Bonchev–Trinajstić information content (AvgIpc) is 3.36. The fraction of sp³-hybridized carbons (Fsp3) is 0.208. The normalized spacial score (nSPS) is 14.8. The summed E-state index contributed by atoms with van der Waals surface area (Å²) in [6.45, 7) is 2.59. The number of rotatable bonds is 6. The standard InChI is InChI=1S/C24H22N2O4/c1-2-30-24(29)17-10-6-7-11-19(17)25-23(28)18-14-15-26-20(18)12-13-21(26)22(27)16-8-4-3-5-9-16/h3-13,18H,2,14-15H2,1H3,(H,25,28)/t18-/m0/s1. The number of nitrogens with one attached hydrogen (secondary N) is 1. The molecule has 0 fully saturated rings. The minimum Gasteiger partial charge on any atom is -0.462 e. The minimum atomic E-state index is -0.473. The fourth-order valence-electron chi connectivity index (χ4n) is 3.84. The topological polar surface area (TPSA) is 77.4 Å². The van der Waals surface area contributed by atoms with Crippen LogP contribution in [0.4, 0.5) is 5.69 Å². The van der Waals surface area contributed by atoms with Gasteiger partial charge in [-0.2, -0.15) is 0 Å². The highest BCUT2D eigenvalue weighted by atomic mass is 16.5. The number of ketones is 1. The second-order valence-corrected chi connectivity index (χ2v) is 7.09. The Bertz CT molecular complexity index is 1100. The summed E-state index contributed by atoms with van der Waals surface area (Å²) in [5.41, 5.74) is 2.75. The van der Waals surface area contributed by atoms with Gasteiger partial charge >= 0.3 is 5.97 Å². The lowest BCUT2D eigenvalue weighted by atomic mass is 10.0. The summed E-state index contributed by atoms with van der Waals surface area (Å²) in [6, 6.07) is 19.5. The van der Waals surface area contributed by atoms with Gasteiger partial charge in [-0.3, -0.25) is 9.59 Å². The van der Waals surface area contributed by atoms with Gasteiger partial charge in [0, 0.05) is 17.8 Å². The van der Waals surface area contributed by atoms with Gasteiger partial charge in [0.1, 0.15) is 0 Å². The Balaban J connectivity index is 1.55. The number of benzene rings is 2. The summed E-state index contributed by atoms with van der Waals surface area (Å²) in [7, 11) is 0. The monoisotopic (exact) mass is 402 g/mol. The highest BCUT2D eigenvalue weighted by molar-refractivity contribution is 6.08. The van der Waals surface area contributed by atoms with Gasteiger partial charge in [-0.1, -0.05) is 42.5 Å². The van der Waals surface area contributed by atoms with Crippen LogP contribution < -0.4 is 5.32 Å². The zero-order valence-corrected chi connectivity index (χ0v) is 16.6. The molecule has 30 heavy (non-hydrogen) atoms. The van der Waals surface area contributed by atoms with Crippen molar-refractivity contribution in [3.8, 4) is 0 Å². The van der Waals surface area contributed by atoms with Crippen molar-refractivity contribution in [1.82, 2.24) is 4.57 Å². The van der Waals surface area contributed by atoms with Crippen LogP contribution in [-0.4, -0.2) is 28.8 Å². The fourth-order valence-corrected chi connectivity index (χ4v) is 3.84. The van der Waals surface area contributed by atoms with Crippen LogP contribution in [0.2, 0.25) is 0 Å². The number of carbonyl (C=O) groups excluding carboxylic acids is 3. The summed E-state index contributed by atoms with van der Waals surface area (Å²) in [6.07, 6.45) is 0.596. The van der Waals surface area contributed by atoms with E-state index in [0.29, 0.717) is 35.5 Å². The molecule has 0 saturated heterocycles. The Hall–Kier alpha value is -3.67. The van der Waals surface area contributed by atoms with Crippen LogP contribution in [0.25, 0.3) is 0 Å². The highest BCUT2D eigenvalue weighted by Gasteiger charge is 2.32. The molecule has 3 aromatic rings. The van der Waals surface area contributed by atoms with Crippen molar-refractivity contribution in [2.75, 3.05) is 11.9 Å². The zero-order chi connectivity index (χ0) is 21.1. The molecule has 0 spiro atoms. The van der Waals surface area contributed by atoms with E-state index in [2.05, 4.69) is 5.32 Å². The van der Waals surface area contributed by atoms with Crippen LogP contribution >= 0.6 is 0 Å². The maximum atomic E-state index is 13.0. The number of hydrogen-bond donors (Lipinski definition) is 1. The van der Waals surface area contributed by atoms with Crippen LogP contribution in [0.15, 0.2) is 66.7 Å². The number of amides is 1. The van der Waals surface area contributed by atoms with E-state index in [1.807, 2.05) is 28.8 Å². The number of nitrogens with zero attached hydrogens (tertiary/aromatic N) is 1. The zero-order valence-electron chi connectivity index (χ0n) is 16.6. The number of para-hydroxylation sites is 1. The number of esters is 1. The maximum absolute atomic E-state index is 13.0. The Morgan fingerprint density at radius 3 is 2.50 bits per heavy atom. The number of anilines is 1. The third kappa shape index (κ3) is 3.64. The molecule has 0 bridgehead atoms. The Kier molecular flexibility index (Phi) is 5.48. The number of ether oxygens (including phenoxy) is 1. The molecule has 1 aliphatic rings. The van der Waals surface area contributed by atoms with Crippen molar-refractivity contribution < 1.29 is 19.1 Å². The van der Waals surface area contributed by atoms with Gasteiger partial charge < -0.3 is 14.6 Å². The Morgan fingerprint density at radius 1 is 1.00 bits per heavy atom. The first-order chi connectivity index (χ1) is 14.6. The van der Waals surface area contributed by atoms with Crippen molar-refractivity contribution in [2.45, 2.75) is 25.8 Å². The molecule has 0 unspecified atom stereocenters. The van der Waals surface area contributed by atoms with Crippen LogP contribution in [0.1, 0.15) is 51.4 Å². The third-order valence-corrected chi connectivity index (χ3v) is 5.28. The molecule has 1 atom stereocenters. The lowest BCUT2D eigenvalue weighted by Gasteiger charge is -2.13. The molecule has 2 heterocycles. The van der Waals surface area contributed by atoms with Gasteiger partial charge in [0.2, 0.25) is 11.7 Å². The van der Waals surface area contributed by atoms with E-state index >= 15 is 0 Å². The van der Waals surface area contributed by atoms with Crippen molar-refractivity contribution in [2.24, 2.45) is 0 Å². The van der Waals surface area contributed by atoms with Crippen LogP contribution in [0, 0.1) is 0 Å². The van der Waals surface area contributed by atoms with Gasteiger partial charge in [0.15, 0.2) is 0 Å². The molecular formula is C24H22N2O4. The second kappa shape index (κ2) is 8.37. The van der Waals surface area contributed by atoms with Crippen LogP contribution in [-0.2, 0) is 16.1 Å². The van der Waals surface area contributed by atoms with Crippen LogP contribution in [0.3, 0.4) is 0 Å². The molecule has 1 amide bonds. The van der Waals surface area contributed by atoms with Crippen LogP contribution in [0.5, 0.6) is 0 Å². The van der Waals surface area contributed by atoms with Gasteiger partial charge in [-0.05, 0) is 37.6 Å². The smallest absolute Gasteiger partial charge is 0.340 e. The maximum Gasteiger partial charge on any atom is 0.340 e. The van der Waals surface area contributed by atoms with Crippen molar-refractivity contribution >= 4 is 23.3 Å². The molecular weight excluding hydrogens is 380 g/mol. The molecule has 2 aromatic carbocycles. The first-order valence-corrected chi connectivity index (χ1v) is 9.96. The van der Waals surface area contributed by atoms with E-state index < -0.39 is 11.9 Å². The quantitative estimate of drug-likeness (QED) is 0.499. The predicted molar refractivity (Wildman–Crippen MR) is 113 cm³/mol. The number of carbonyl (C=O) groups is 3. The first kappa shape index (κ1) is 19.6. The molecule has 6 nitrogen and oxygen atoms in total. The Labute approximate surface area is 174 Å². The molecule has 0 saturated carbocycles. The summed E-state index contributed by atoms with van der Waals surface area (Å²) in [4.78, 5) is 38.0. The second-order valence-electron chi connectivity index (χ2n) is 7.09. The van der Waals surface area contributed by atoms with E-state index in [4.69, 9.17) is 4.74 Å². The van der Waals surface area contributed by atoms with E-state index in [1.54, 1.807) is 49.4 Å². The van der Waals surface area contributed by atoms with Crippen molar-refractivity contribution in [3.05, 3.63) is 89.2 Å². The first-order valence-electron chi connectivity index (χ1n) is 9.96. The predicted octanol–water partition coefficient (Wildman–Crippen LogP) is 4.02. The molecule has 0 radical (unpaired) electrons. The summed E-state index contributed by atoms with van der Waals surface area (Å²) < 4.78 is 6.99. The third-order valence-electron chi connectivity index (χ3n) is 5.28. The molecule has 0 aliphatic carbocycles. The minimum absolute atomic E-state index is 0.0597. The van der Waals surface area contributed by atoms with Gasteiger partial charge in [-0.15, -0.1) is 0 Å². The van der Waals surface area contributed by atoms with E-state index in [1.165, 1.54) is 0 Å². The molecule has 1 aromatic heterocycles. The van der Waals surface area contributed by atoms with E-state index in [-0.39, 0.29) is 18.3 Å².